The van der Waals surface area contributed by atoms with Crippen molar-refractivity contribution in [3.8, 4) is 6.07 Å². The van der Waals surface area contributed by atoms with Crippen LogP contribution in [0.2, 0.25) is 0 Å². The molecule has 3 nitrogen and oxygen atoms in total. The molecule has 0 amide bonds. The summed E-state index contributed by atoms with van der Waals surface area (Å²) in [5.41, 5.74) is 9.60. The lowest BCUT2D eigenvalue weighted by Crippen LogP contribution is -1.99. The van der Waals surface area contributed by atoms with Crippen molar-refractivity contribution in [2.24, 2.45) is 0 Å². The molecule has 1 unspecified atom stereocenters. The number of rotatable bonds is 2. The zero-order chi connectivity index (χ0) is 14.1. The largest absolute Gasteiger partial charge is 0.398 e. The Morgan fingerprint density at radius 3 is 2.75 bits per heavy atom. The number of nitrogens with one attached hydrogen (secondary N) is 1. The van der Waals surface area contributed by atoms with Gasteiger partial charge in [0.2, 0.25) is 0 Å². The number of nitrogen functional groups attached to an aromatic ring is 1. The SMILES string of the molecule is N#CC(c1ccc(N)c(I)c1)c1c[nH]c2ccccc12. The van der Waals surface area contributed by atoms with Gasteiger partial charge in [0, 0.05) is 26.4 Å². The fourth-order valence-corrected chi connectivity index (χ4v) is 2.92. The van der Waals surface area contributed by atoms with Gasteiger partial charge in [-0.1, -0.05) is 24.3 Å². The summed E-state index contributed by atoms with van der Waals surface area (Å²) in [5.74, 6) is -0.291. The van der Waals surface area contributed by atoms with Gasteiger partial charge in [-0.05, 0) is 51.9 Å². The highest BCUT2D eigenvalue weighted by Crippen LogP contribution is 2.31. The smallest absolute Gasteiger partial charge is 0.0983 e. The minimum Gasteiger partial charge on any atom is -0.398 e. The van der Waals surface area contributed by atoms with Crippen molar-refractivity contribution in [2.75, 3.05) is 5.73 Å². The third kappa shape index (κ3) is 2.14. The number of fused-ring (bicyclic) bond motifs is 1. The number of nitrogens with zero attached hydrogens (tertiary/aromatic N) is 1. The predicted octanol–water partition coefficient (Wildman–Crippen LogP) is 4.01. The highest BCUT2D eigenvalue weighted by molar-refractivity contribution is 14.1. The molecule has 0 saturated carbocycles. The van der Waals surface area contributed by atoms with Crippen molar-refractivity contribution >= 4 is 39.2 Å². The molecule has 2 aromatic carbocycles. The number of aromatic amines is 1. The van der Waals surface area contributed by atoms with E-state index in [1.165, 1.54) is 0 Å². The fraction of sp³-hybridized carbons (Fsp3) is 0.0625. The average Bonchev–Trinajstić information content (AvgIpc) is 2.88. The molecule has 1 atom stereocenters. The molecule has 0 fully saturated rings. The molecule has 0 saturated heterocycles. The molecule has 0 aliphatic rings. The first kappa shape index (κ1) is 13.0. The van der Waals surface area contributed by atoms with Crippen molar-refractivity contribution in [3.05, 3.63) is 63.4 Å². The molecule has 1 aromatic heterocycles. The van der Waals surface area contributed by atoms with Gasteiger partial charge in [-0.3, -0.25) is 0 Å². The van der Waals surface area contributed by atoms with E-state index in [1.807, 2.05) is 48.7 Å². The van der Waals surface area contributed by atoms with Crippen LogP contribution in [0.4, 0.5) is 5.69 Å². The van der Waals surface area contributed by atoms with E-state index in [0.29, 0.717) is 0 Å². The van der Waals surface area contributed by atoms with Crippen LogP contribution in [-0.4, -0.2) is 4.98 Å². The molecule has 0 spiro atoms. The van der Waals surface area contributed by atoms with Crippen LogP contribution in [0.3, 0.4) is 0 Å². The van der Waals surface area contributed by atoms with Crippen LogP contribution >= 0.6 is 22.6 Å². The number of hydrogen-bond acceptors (Lipinski definition) is 2. The number of nitriles is 1. The Morgan fingerprint density at radius 2 is 2.00 bits per heavy atom. The summed E-state index contributed by atoms with van der Waals surface area (Å²) in [4.78, 5) is 3.22. The van der Waals surface area contributed by atoms with Crippen LogP contribution in [-0.2, 0) is 0 Å². The Bertz CT molecular complexity index is 814. The highest BCUT2D eigenvalue weighted by Gasteiger charge is 2.18. The quantitative estimate of drug-likeness (QED) is 0.527. The van der Waals surface area contributed by atoms with Gasteiger partial charge in [-0.15, -0.1) is 0 Å². The normalized spacial score (nSPS) is 12.2. The summed E-state index contributed by atoms with van der Waals surface area (Å²) in [6.45, 7) is 0. The van der Waals surface area contributed by atoms with Gasteiger partial charge >= 0.3 is 0 Å². The molecule has 3 N–H and O–H groups in total. The third-order valence-electron chi connectivity index (χ3n) is 3.42. The number of aromatic nitrogens is 1. The molecule has 1 heterocycles. The Labute approximate surface area is 130 Å². The van der Waals surface area contributed by atoms with Crippen LogP contribution in [0.1, 0.15) is 17.0 Å². The van der Waals surface area contributed by atoms with E-state index in [4.69, 9.17) is 5.73 Å². The zero-order valence-electron chi connectivity index (χ0n) is 10.6. The van der Waals surface area contributed by atoms with Crippen molar-refractivity contribution in [3.63, 3.8) is 0 Å². The molecule has 3 rings (SSSR count). The standard InChI is InChI=1S/C16H12IN3/c17-14-7-10(5-6-15(14)19)12(8-18)13-9-20-16-4-2-1-3-11(13)16/h1-7,9,12,20H,19H2. The minimum absolute atomic E-state index is 0.291. The van der Waals surface area contributed by atoms with Gasteiger partial charge in [0.1, 0.15) is 0 Å². The molecule has 4 heteroatoms. The molecule has 98 valence electrons. The van der Waals surface area contributed by atoms with Crippen molar-refractivity contribution in [1.29, 1.82) is 5.26 Å². The van der Waals surface area contributed by atoms with Crippen molar-refractivity contribution < 1.29 is 0 Å². The van der Waals surface area contributed by atoms with Gasteiger partial charge in [0.05, 0.1) is 12.0 Å². The number of anilines is 1. The molecule has 0 bridgehead atoms. The van der Waals surface area contributed by atoms with Gasteiger partial charge in [-0.25, -0.2) is 0 Å². The summed E-state index contributed by atoms with van der Waals surface area (Å²) >= 11 is 2.19. The second-order valence-corrected chi connectivity index (χ2v) is 5.79. The topological polar surface area (TPSA) is 65.6 Å². The Balaban J connectivity index is 2.14. The molecular weight excluding hydrogens is 361 g/mol. The molecule has 0 radical (unpaired) electrons. The van der Waals surface area contributed by atoms with E-state index in [9.17, 15) is 5.26 Å². The molecular formula is C16H12IN3. The first-order valence-electron chi connectivity index (χ1n) is 6.21. The van der Waals surface area contributed by atoms with Crippen LogP contribution in [0.5, 0.6) is 0 Å². The van der Waals surface area contributed by atoms with Gasteiger partial charge in [0.25, 0.3) is 0 Å². The third-order valence-corrected chi connectivity index (χ3v) is 4.35. The summed E-state index contributed by atoms with van der Waals surface area (Å²) in [5, 5.41) is 10.7. The molecule has 0 aliphatic heterocycles. The second kappa shape index (κ2) is 5.17. The summed E-state index contributed by atoms with van der Waals surface area (Å²) in [6, 6.07) is 16.2. The maximum Gasteiger partial charge on any atom is 0.0983 e. The highest BCUT2D eigenvalue weighted by atomic mass is 127. The summed E-state index contributed by atoms with van der Waals surface area (Å²) in [6.07, 6.45) is 1.92. The lowest BCUT2D eigenvalue weighted by Gasteiger charge is -2.10. The lowest BCUT2D eigenvalue weighted by atomic mass is 9.92. The maximum atomic E-state index is 9.57. The number of para-hydroxylation sites is 1. The number of nitrogens with two attached hydrogens (primary N) is 1. The Kier molecular flexibility index (Phi) is 3.36. The average molecular weight is 373 g/mol. The predicted molar refractivity (Wildman–Crippen MR) is 89.3 cm³/mol. The van der Waals surface area contributed by atoms with Crippen molar-refractivity contribution in [2.45, 2.75) is 5.92 Å². The van der Waals surface area contributed by atoms with E-state index in [0.717, 1.165) is 31.3 Å². The van der Waals surface area contributed by atoms with Gasteiger partial charge in [0.15, 0.2) is 0 Å². The van der Waals surface area contributed by atoms with E-state index in [2.05, 4.69) is 33.6 Å². The van der Waals surface area contributed by atoms with E-state index in [1.54, 1.807) is 0 Å². The number of benzene rings is 2. The second-order valence-electron chi connectivity index (χ2n) is 4.63. The van der Waals surface area contributed by atoms with Crippen molar-refractivity contribution in [1.82, 2.24) is 4.98 Å². The Hall–Kier alpha value is -2.00. The zero-order valence-corrected chi connectivity index (χ0v) is 12.8. The van der Waals surface area contributed by atoms with Crippen LogP contribution in [0, 0.1) is 14.9 Å². The molecule has 20 heavy (non-hydrogen) atoms. The minimum atomic E-state index is -0.291. The summed E-state index contributed by atoms with van der Waals surface area (Å²) < 4.78 is 0.972. The lowest BCUT2D eigenvalue weighted by molar-refractivity contribution is 1.05. The van der Waals surface area contributed by atoms with Crippen LogP contribution in [0.25, 0.3) is 10.9 Å². The maximum absolute atomic E-state index is 9.57. The first-order valence-corrected chi connectivity index (χ1v) is 7.29. The molecule has 0 aliphatic carbocycles. The van der Waals surface area contributed by atoms with Gasteiger partial charge in [-0.2, -0.15) is 5.26 Å². The first-order chi connectivity index (χ1) is 9.70. The monoisotopic (exact) mass is 373 g/mol. The van der Waals surface area contributed by atoms with E-state index < -0.39 is 0 Å². The van der Waals surface area contributed by atoms with E-state index in [-0.39, 0.29) is 5.92 Å². The number of halogens is 1. The Morgan fingerprint density at radius 1 is 1.20 bits per heavy atom. The number of H-pyrrole nitrogens is 1. The van der Waals surface area contributed by atoms with Gasteiger partial charge < -0.3 is 10.7 Å². The van der Waals surface area contributed by atoms with Crippen LogP contribution < -0.4 is 5.73 Å². The fourth-order valence-electron chi connectivity index (χ4n) is 2.38. The number of hydrogen-bond donors (Lipinski definition) is 2. The van der Waals surface area contributed by atoms with E-state index >= 15 is 0 Å². The summed E-state index contributed by atoms with van der Waals surface area (Å²) in [7, 11) is 0. The molecule has 3 aromatic rings. The van der Waals surface area contributed by atoms with Crippen LogP contribution in [0.15, 0.2) is 48.7 Å².